The first-order valence-electron chi connectivity index (χ1n) is 10.1. The lowest BCUT2D eigenvalue weighted by molar-refractivity contribution is 0.389. The normalized spacial score (nSPS) is 11.7. The van der Waals surface area contributed by atoms with Crippen molar-refractivity contribution in [2.45, 2.75) is 52.5 Å². The van der Waals surface area contributed by atoms with Gasteiger partial charge in [0.2, 0.25) is 0 Å². The lowest BCUT2D eigenvalue weighted by Gasteiger charge is -2.24. The van der Waals surface area contributed by atoms with Gasteiger partial charge in [-0.3, -0.25) is 9.78 Å². The van der Waals surface area contributed by atoms with Crippen molar-refractivity contribution in [3.63, 3.8) is 0 Å². The zero-order valence-corrected chi connectivity index (χ0v) is 18.2. The van der Waals surface area contributed by atoms with E-state index in [2.05, 4.69) is 32.7 Å². The number of nitrogens with zero attached hydrogens (tertiary/aromatic N) is 2. The van der Waals surface area contributed by atoms with Gasteiger partial charge in [0.25, 0.3) is 5.56 Å². The van der Waals surface area contributed by atoms with Crippen LogP contribution in [0.3, 0.4) is 0 Å². The van der Waals surface area contributed by atoms with E-state index in [0.29, 0.717) is 11.9 Å². The number of rotatable bonds is 6. The van der Waals surface area contributed by atoms with E-state index in [-0.39, 0.29) is 11.0 Å². The van der Waals surface area contributed by atoms with E-state index in [1.807, 2.05) is 24.4 Å². The third-order valence-electron chi connectivity index (χ3n) is 5.26. The number of aryl methyl sites for hydroxylation is 1. The van der Waals surface area contributed by atoms with Gasteiger partial charge >= 0.3 is 0 Å². The summed E-state index contributed by atoms with van der Waals surface area (Å²) in [5.41, 5.74) is 2.81. The summed E-state index contributed by atoms with van der Waals surface area (Å²) in [5, 5.41) is 1.48. The highest BCUT2D eigenvalue weighted by Gasteiger charge is 2.23. The molecule has 0 amide bonds. The van der Waals surface area contributed by atoms with Crippen molar-refractivity contribution in [1.29, 1.82) is 0 Å². The number of methoxy groups -OCH3 is 2. The molecule has 0 spiro atoms. The molecule has 2 heterocycles. The van der Waals surface area contributed by atoms with E-state index in [1.165, 1.54) is 0 Å². The van der Waals surface area contributed by atoms with Crippen molar-refractivity contribution in [3.05, 3.63) is 52.7 Å². The minimum atomic E-state index is -0.0942. The highest BCUT2D eigenvalue weighted by atomic mass is 16.5. The quantitative estimate of drug-likeness (QED) is 0.578. The number of fused-ring (bicyclic) bond motifs is 1. The van der Waals surface area contributed by atoms with Crippen LogP contribution in [0.15, 0.2) is 41.6 Å². The second-order valence-corrected chi connectivity index (χ2v) is 8.32. The molecule has 0 aliphatic carbocycles. The molecule has 5 heteroatoms. The minimum Gasteiger partial charge on any atom is -0.496 e. The van der Waals surface area contributed by atoms with Crippen LogP contribution >= 0.6 is 0 Å². The largest absolute Gasteiger partial charge is 0.496 e. The van der Waals surface area contributed by atoms with Gasteiger partial charge in [0.1, 0.15) is 11.5 Å². The molecule has 0 unspecified atom stereocenters. The van der Waals surface area contributed by atoms with Gasteiger partial charge in [-0.25, -0.2) is 0 Å². The van der Waals surface area contributed by atoms with Gasteiger partial charge in [0.05, 0.1) is 19.6 Å². The molecule has 0 aliphatic rings. The lowest BCUT2D eigenvalue weighted by Crippen LogP contribution is -2.20. The van der Waals surface area contributed by atoms with Crippen LogP contribution in [0.2, 0.25) is 0 Å². The molecule has 154 valence electrons. The molecule has 0 saturated carbocycles. The summed E-state index contributed by atoms with van der Waals surface area (Å²) in [6, 6.07) is 5.95. The maximum atomic E-state index is 12.9. The van der Waals surface area contributed by atoms with E-state index in [1.54, 1.807) is 31.2 Å². The Morgan fingerprint density at radius 3 is 2.38 bits per heavy atom. The molecule has 0 atom stereocenters. The Morgan fingerprint density at radius 1 is 1.03 bits per heavy atom. The molecule has 3 aromatic rings. The first-order chi connectivity index (χ1) is 13.8. The van der Waals surface area contributed by atoms with E-state index in [4.69, 9.17) is 9.47 Å². The Labute approximate surface area is 172 Å². The molecular formula is C24H30N2O3. The second kappa shape index (κ2) is 8.27. The van der Waals surface area contributed by atoms with Crippen molar-refractivity contribution in [2.24, 2.45) is 0 Å². The molecular weight excluding hydrogens is 364 g/mol. The molecule has 1 aromatic carbocycles. The smallest absolute Gasteiger partial charge is 0.260 e. The van der Waals surface area contributed by atoms with Gasteiger partial charge in [-0.15, -0.1) is 0 Å². The van der Waals surface area contributed by atoms with Gasteiger partial charge in [-0.1, -0.05) is 34.1 Å². The maximum Gasteiger partial charge on any atom is 0.260 e. The Balaban J connectivity index is 2.35. The molecule has 0 fully saturated rings. The standard InChI is InChI=1S/C24H30N2O3/c1-7-8-11-26-15-19(16-9-10-25-14-18(16)23(26)27)17-12-22(29-6)20(24(2,3)4)13-21(17)28-5/h9-10,12-15H,7-8,11H2,1-6H3. The van der Waals surface area contributed by atoms with Gasteiger partial charge in [0.15, 0.2) is 0 Å². The zero-order valence-electron chi connectivity index (χ0n) is 18.2. The van der Waals surface area contributed by atoms with E-state index >= 15 is 0 Å². The van der Waals surface area contributed by atoms with Gasteiger partial charge in [-0.2, -0.15) is 0 Å². The van der Waals surface area contributed by atoms with Crippen LogP contribution in [0.25, 0.3) is 21.9 Å². The molecule has 0 saturated heterocycles. The van der Waals surface area contributed by atoms with E-state index < -0.39 is 0 Å². The molecule has 0 bridgehead atoms. The summed E-state index contributed by atoms with van der Waals surface area (Å²) in [4.78, 5) is 17.1. The number of benzene rings is 1. The molecule has 0 N–H and O–H groups in total. The highest BCUT2D eigenvalue weighted by molar-refractivity contribution is 5.97. The molecule has 2 aromatic heterocycles. The summed E-state index contributed by atoms with van der Waals surface area (Å²) in [7, 11) is 3.36. The van der Waals surface area contributed by atoms with Gasteiger partial charge in [-0.05, 0) is 35.4 Å². The van der Waals surface area contributed by atoms with Crippen LogP contribution in [-0.2, 0) is 12.0 Å². The van der Waals surface area contributed by atoms with Crippen LogP contribution in [0, 0.1) is 0 Å². The number of ether oxygens (including phenoxy) is 2. The number of hydrogen-bond donors (Lipinski definition) is 0. The second-order valence-electron chi connectivity index (χ2n) is 8.32. The molecule has 0 radical (unpaired) electrons. The lowest BCUT2D eigenvalue weighted by atomic mass is 9.84. The molecule has 0 aliphatic heterocycles. The number of hydrogen-bond acceptors (Lipinski definition) is 4. The Morgan fingerprint density at radius 2 is 1.76 bits per heavy atom. The summed E-state index contributed by atoms with van der Waals surface area (Å²) in [6.07, 6.45) is 7.26. The number of unbranched alkanes of at least 4 members (excludes halogenated alkanes) is 1. The van der Waals surface area contributed by atoms with Crippen LogP contribution in [0.1, 0.15) is 46.1 Å². The van der Waals surface area contributed by atoms with Gasteiger partial charge in [0, 0.05) is 41.8 Å². The fraction of sp³-hybridized carbons (Fsp3) is 0.417. The van der Waals surface area contributed by atoms with E-state index in [9.17, 15) is 4.79 Å². The van der Waals surface area contributed by atoms with Gasteiger partial charge < -0.3 is 14.0 Å². The monoisotopic (exact) mass is 394 g/mol. The molecule has 29 heavy (non-hydrogen) atoms. The summed E-state index contributed by atoms with van der Waals surface area (Å²) in [5.74, 6) is 1.57. The number of pyridine rings is 2. The van der Waals surface area contributed by atoms with Crippen molar-refractivity contribution in [3.8, 4) is 22.6 Å². The summed E-state index contributed by atoms with van der Waals surface area (Å²) >= 11 is 0. The Kier molecular flexibility index (Phi) is 5.96. The van der Waals surface area contributed by atoms with Crippen LogP contribution < -0.4 is 15.0 Å². The first kappa shape index (κ1) is 20.9. The first-order valence-corrected chi connectivity index (χ1v) is 10.1. The highest BCUT2D eigenvalue weighted by Crippen LogP contribution is 2.42. The fourth-order valence-electron chi connectivity index (χ4n) is 3.64. The van der Waals surface area contributed by atoms with Crippen molar-refractivity contribution < 1.29 is 9.47 Å². The summed E-state index contributed by atoms with van der Waals surface area (Å²) in [6.45, 7) is 9.24. The third kappa shape index (κ3) is 4.00. The van der Waals surface area contributed by atoms with Crippen LogP contribution in [0.4, 0.5) is 0 Å². The summed E-state index contributed by atoms with van der Waals surface area (Å²) < 4.78 is 13.3. The SMILES string of the molecule is CCCCn1cc(-c2cc(OC)c(C(C)(C)C)cc2OC)c2ccncc2c1=O. The van der Waals surface area contributed by atoms with Crippen LogP contribution in [-0.4, -0.2) is 23.8 Å². The zero-order chi connectivity index (χ0) is 21.2. The van der Waals surface area contributed by atoms with Crippen molar-refractivity contribution >= 4 is 10.8 Å². The third-order valence-corrected chi connectivity index (χ3v) is 5.26. The predicted octanol–water partition coefficient (Wildman–Crippen LogP) is 5.18. The topological polar surface area (TPSA) is 53.4 Å². The molecule has 5 nitrogen and oxygen atoms in total. The van der Waals surface area contributed by atoms with Crippen LogP contribution in [0.5, 0.6) is 11.5 Å². The Hall–Kier alpha value is -2.82. The fourth-order valence-corrected chi connectivity index (χ4v) is 3.64. The van der Waals surface area contributed by atoms with Crippen molar-refractivity contribution in [2.75, 3.05) is 14.2 Å². The van der Waals surface area contributed by atoms with Crippen molar-refractivity contribution in [1.82, 2.24) is 9.55 Å². The van der Waals surface area contributed by atoms with E-state index in [0.717, 1.165) is 46.4 Å². The Bertz CT molecular complexity index is 1080. The average molecular weight is 395 g/mol. The maximum absolute atomic E-state index is 12.9. The number of aromatic nitrogens is 2. The average Bonchev–Trinajstić information content (AvgIpc) is 2.71. The minimum absolute atomic E-state index is 0.0115. The molecule has 3 rings (SSSR count). The predicted molar refractivity (Wildman–Crippen MR) is 118 cm³/mol.